The molecule has 0 aliphatic carbocycles. The highest BCUT2D eigenvalue weighted by atomic mass is 35.5. The third-order valence-electron chi connectivity index (χ3n) is 1.56. The zero-order valence-electron chi connectivity index (χ0n) is 7.00. The maximum absolute atomic E-state index is 13.3. The largest absolute Gasteiger partial charge is 0.478 e. The van der Waals surface area contributed by atoms with E-state index in [-0.39, 0.29) is 16.3 Å². The van der Waals surface area contributed by atoms with Crippen molar-refractivity contribution in [3.63, 3.8) is 0 Å². The molecule has 3 nitrogen and oxygen atoms in total. The summed E-state index contributed by atoms with van der Waals surface area (Å²) in [6, 6.07) is 2.72. The van der Waals surface area contributed by atoms with Gasteiger partial charge in [0, 0.05) is 17.3 Å². The molecular formula is C9H7ClFNO2. The zero-order chi connectivity index (χ0) is 10.7. The van der Waals surface area contributed by atoms with E-state index in [0.717, 1.165) is 12.2 Å². The first kappa shape index (κ1) is 10.5. The number of anilines is 1. The second-order valence-electron chi connectivity index (χ2n) is 2.54. The van der Waals surface area contributed by atoms with E-state index in [0.29, 0.717) is 0 Å². The Morgan fingerprint density at radius 1 is 1.57 bits per heavy atom. The lowest BCUT2D eigenvalue weighted by molar-refractivity contribution is -0.131. The summed E-state index contributed by atoms with van der Waals surface area (Å²) < 4.78 is 13.3. The third-order valence-corrected chi connectivity index (χ3v) is 1.85. The third kappa shape index (κ3) is 2.23. The van der Waals surface area contributed by atoms with Gasteiger partial charge in [-0.3, -0.25) is 0 Å². The molecule has 3 N–H and O–H groups in total. The fraction of sp³-hybridized carbons (Fsp3) is 0. The van der Waals surface area contributed by atoms with Crippen molar-refractivity contribution >= 4 is 29.3 Å². The monoisotopic (exact) mass is 215 g/mol. The highest BCUT2D eigenvalue weighted by Gasteiger charge is 2.07. The molecule has 0 unspecified atom stereocenters. The molecule has 0 aliphatic rings. The van der Waals surface area contributed by atoms with Crippen LogP contribution in [-0.4, -0.2) is 11.1 Å². The van der Waals surface area contributed by atoms with E-state index >= 15 is 0 Å². The summed E-state index contributed by atoms with van der Waals surface area (Å²) in [6.45, 7) is 0. The van der Waals surface area contributed by atoms with Gasteiger partial charge >= 0.3 is 5.97 Å². The molecule has 0 aliphatic heterocycles. The van der Waals surface area contributed by atoms with E-state index in [1.165, 1.54) is 12.1 Å². The van der Waals surface area contributed by atoms with Gasteiger partial charge in [0.1, 0.15) is 0 Å². The summed E-state index contributed by atoms with van der Waals surface area (Å²) in [6.07, 6.45) is 1.87. The second kappa shape index (κ2) is 4.11. The molecule has 1 aromatic carbocycles. The molecule has 1 rings (SSSR count). The number of nitrogen functional groups attached to an aromatic ring is 1. The number of rotatable bonds is 2. The van der Waals surface area contributed by atoms with Gasteiger partial charge in [-0.05, 0) is 18.2 Å². The second-order valence-corrected chi connectivity index (χ2v) is 2.94. The topological polar surface area (TPSA) is 63.3 Å². The Hall–Kier alpha value is -1.55. The molecule has 5 heteroatoms. The lowest BCUT2D eigenvalue weighted by atomic mass is 10.1. The predicted octanol–water partition coefficient (Wildman–Crippen LogP) is 2.16. The zero-order valence-corrected chi connectivity index (χ0v) is 7.75. The molecule has 0 atom stereocenters. The molecule has 0 heterocycles. The quantitative estimate of drug-likeness (QED) is 0.587. The summed E-state index contributed by atoms with van der Waals surface area (Å²) in [5.41, 5.74) is 5.56. The Labute approximate surface area is 84.6 Å². The van der Waals surface area contributed by atoms with Crippen molar-refractivity contribution in [1.29, 1.82) is 0 Å². The lowest BCUT2D eigenvalue weighted by Crippen LogP contribution is -1.95. The normalized spacial score (nSPS) is 10.7. The molecule has 74 valence electrons. The molecule has 0 spiro atoms. The highest BCUT2D eigenvalue weighted by Crippen LogP contribution is 2.24. The maximum atomic E-state index is 13.3. The van der Waals surface area contributed by atoms with Gasteiger partial charge in [0.15, 0.2) is 5.82 Å². The summed E-state index contributed by atoms with van der Waals surface area (Å²) in [5.74, 6) is -1.90. The minimum absolute atomic E-state index is 0.0140. The van der Waals surface area contributed by atoms with Crippen molar-refractivity contribution < 1.29 is 14.3 Å². The molecule has 0 fully saturated rings. The number of carboxylic acids is 1. The van der Waals surface area contributed by atoms with Gasteiger partial charge in [0.2, 0.25) is 0 Å². The standard InChI is InChI=1S/C9H7ClFNO2/c10-6-2-3-7(12)5(9(6)11)1-4-8(13)14/h1-4H,12H2,(H,13,14). The fourth-order valence-electron chi connectivity index (χ4n) is 0.905. The van der Waals surface area contributed by atoms with Crippen LogP contribution < -0.4 is 5.73 Å². The minimum Gasteiger partial charge on any atom is -0.478 e. The van der Waals surface area contributed by atoms with Crippen LogP contribution in [0, 0.1) is 5.82 Å². The van der Waals surface area contributed by atoms with Crippen molar-refractivity contribution in [2.24, 2.45) is 0 Å². The average molecular weight is 216 g/mol. The Kier molecular flexibility index (Phi) is 3.09. The van der Waals surface area contributed by atoms with E-state index < -0.39 is 11.8 Å². The fourth-order valence-corrected chi connectivity index (χ4v) is 1.07. The first-order valence-electron chi connectivity index (χ1n) is 3.67. The van der Waals surface area contributed by atoms with Crippen LogP contribution in [0.2, 0.25) is 5.02 Å². The lowest BCUT2D eigenvalue weighted by Gasteiger charge is -2.02. The first-order valence-corrected chi connectivity index (χ1v) is 4.04. The van der Waals surface area contributed by atoms with Gasteiger partial charge in [-0.2, -0.15) is 0 Å². The van der Waals surface area contributed by atoms with Crippen LogP contribution in [0.1, 0.15) is 5.56 Å². The summed E-state index contributed by atoms with van der Waals surface area (Å²) >= 11 is 5.49. The van der Waals surface area contributed by atoms with Gasteiger partial charge < -0.3 is 10.8 Å². The van der Waals surface area contributed by atoms with Crippen molar-refractivity contribution in [2.45, 2.75) is 0 Å². The summed E-state index contributed by atoms with van der Waals surface area (Å²) in [7, 11) is 0. The molecule has 0 amide bonds. The first-order chi connectivity index (χ1) is 6.52. The van der Waals surface area contributed by atoms with Gasteiger partial charge in [0.05, 0.1) is 5.02 Å². The van der Waals surface area contributed by atoms with Crippen LogP contribution in [0.3, 0.4) is 0 Å². The van der Waals surface area contributed by atoms with Gasteiger partial charge in [-0.1, -0.05) is 11.6 Å². The molecular weight excluding hydrogens is 209 g/mol. The van der Waals surface area contributed by atoms with E-state index in [2.05, 4.69) is 0 Å². The summed E-state index contributed by atoms with van der Waals surface area (Å²) in [5, 5.41) is 8.25. The van der Waals surface area contributed by atoms with E-state index in [1.54, 1.807) is 0 Å². The van der Waals surface area contributed by atoms with Crippen molar-refractivity contribution in [3.05, 3.63) is 34.6 Å². The van der Waals surface area contributed by atoms with Crippen LogP contribution in [0.4, 0.5) is 10.1 Å². The van der Waals surface area contributed by atoms with Gasteiger partial charge in [-0.25, -0.2) is 9.18 Å². The number of carboxylic acid groups (broad SMARTS) is 1. The number of hydrogen-bond acceptors (Lipinski definition) is 2. The Bertz CT molecular complexity index is 404. The van der Waals surface area contributed by atoms with E-state index in [9.17, 15) is 9.18 Å². The van der Waals surface area contributed by atoms with Gasteiger partial charge in [-0.15, -0.1) is 0 Å². The number of hydrogen-bond donors (Lipinski definition) is 2. The number of halogens is 2. The van der Waals surface area contributed by atoms with E-state index in [1.807, 2.05) is 0 Å². The molecule has 0 aromatic heterocycles. The molecule has 0 saturated heterocycles. The van der Waals surface area contributed by atoms with Crippen LogP contribution in [0.25, 0.3) is 6.08 Å². The molecule has 0 saturated carbocycles. The van der Waals surface area contributed by atoms with Crippen molar-refractivity contribution in [2.75, 3.05) is 5.73 Å². The SMILES string of the molecule is Nc1ccc(Cl)c(F)c1C=CC(=O)O. The van der Waals surface area contributed by atoms with Crippen molar-refractivity contribution in [1.82, 2.24) is 0 Å². The van der Waals surface area contributed by atoms with Gasteiger partial charge in [0.25, 0.3) is 0 Å². The summed E-state index contributed by atoms with van der Waals surface area (Å²) in [4.78, 5) is 10.2. The highest BCUT2D eigenvalue weighted by molar-refractivity contribution is 6.31. The number of nitrogens with two attached hydrogens (primary N) is 1. The number of benzene rings is 1. The van der Waals surface area contributed by atoms with E-state index in [4.69, 9.17) is 22.4 Å². The Morgan fingerprint density at radius 2 is 2.21 bits per heavy atom. The van der Waals surface area contributed by atoms with Crippen molar-refractivity contribution in [3.8, 4) is 0 Å². The Balaban J connectivity index is 3.19. The van der Waals surface area contributed by atoms with Crippen LogP contribution in [0.5, 0.6) is 0 Å². The maximum Gasteiger partial charge on any atom is 0.328 e. The van der Waals surface area contributed by atoms with Crippen LogP contribution >= 0.6 is 11.6 Å². The predicted molar refractivity (Wildman–Crippen MR) is 52.5 cm³/mol. The smallest absolute Gasteiger partial charge is 0.328 e. The van der Waals surface area contributed by atoms with Crippen LogP contribution in [0.15, 0.2) is 18.2 Å². The van der Waals surface area contributed by atoms with Crippen LogP contribution in [-0.2, 0) is 4.79 Å². The number of carbonyl (C=O) groups is 1. The molecule has 1 aromatic rings. The Morgan fingerprint density at radius 3 is 2.79 bits per heavy atom. The average Bonchev–Trinajstić information content (AvgIpc) is 2.11. The molecule has 0 bridgehead atoms. The number of aliphatic carboxylic acids is 1. The molecule has 0 radical (unpaired) electrons. The molecule has 14 heavy (non-hydrogen) atoms. The minimum atomic E-state index is -1.18.